The summed E-state index contributed by atoms with van der Waals surface area (Å²) in [5, 5.41) is 3.32. The van der Waals surface area contributed by atoms with Gasteiger partial charge in [0.15, 0.2) is 0 Å². The molecule has 2 aliphatic rings. The molecule has 1 N–H and O–H groups in total. The van der Waals surface area contributed by atoms with Crippen LogP contribution in [0.2, 0.25) is 0 Å². The normalized spacial score (nSPS) is 19.6. The summed E-state index contributed by atoms with van der Waals surface area (Å²) in [5.74, 6) is 0.108. The molecule has 0 aromatic carbocycles. The van der Waals surface area contributed by atoms with Crippen LogP contribution in [0.25, 0.3) is 0 Å². The Kier molecular flexibility index (Phi) is 4.39. The highest BCUT2D eigenvalue weighted by Crippen LogP contribution is 2.28. The second-order valence-corrected chi connectivity index (χ2v) is 5.91. The van der Waals surface area contributed by atoms with Gasteiger partial charge in [0.1, 0.15) is 0 Å². The molecule has 1 aromatic rings. The van der Waals surface area contributed by atoms with Crippen LogP contribution in [0.1, 0.15) is 36.5 Å². The van der Waals surface area contributed by atoms with Crippen molar-refractivity contribution < 1.29 is 4.79 Å². The van der Waals surface area contributed by atoms with E-state index in [2.05, 4.69) is 22.1 Å². The summed E-state index contributed by atoms with van der Waals surface area (Å²) in [5.41, 5.74) is 1.60. The van der Waals surface area contributed by atoms with Crippen LogP contribution in [0.4, 0.5) is 5.69 Å². The molecule has 1 saturated carbocycles. The van der Waals surface area contributed by atoms with Gasteiger partial charge in [0.05, 0.1) is 11.3 Å². The topological polar surface area (TPSA) is 48.5 Å². The quantitative estimate of drug-likeness (QED) is 0.898. The van der Waals surface area contributed by atoms with Crippen LogP contribution in [-0.4, -0.2) is 59.5 Å². The Morgan fingerprint density at radius 3 is 2.76 bits per heavy atom. The highest BCUT2D eigenvalue weighted by Gasteiger charge is 2.32. The van der Waals surface area contributed by atoms with Crippen molar-refractivity contribution in [1.82, 2.24) is 14.8 Å². The summed E-state index contributed by atoms with van der Waals surface area (Å²) in [4.78, 5) is 21.3. The highest BCUT2D eigenvalue weighted by molar-refractivity contribution is 5.99. The molecule has 1 aromatic heterocycles. The third-order valence-corrected chi connectivity index (χ3v) is 4.28. The monoisotopic (exact) mass is 288 g/mol. The minimum atomic E-state index is 0.108. The second kappa shape index (κ2) is 6.43. The predicted octanol–water partition coefficient (Wildman–Crippen LogP) is 1.82. The van der Waals surface area contributed by atoms with Gasteiger partial charge in [0.2, 0.25) is 0 Å². The van der Waals surface area contributed by atoms with E-state index in [0.717, 1.165) is 50.9 Å². The molecule has 0 unspecified atom stereocenters. The number of piperazine rings is 1. The van der Waals surface area contributed by atoms with Crippen molar-refractivity contribution in [2.75, 3.05) is 38.0 Å². The Labute approximate surface area is 126 Å². The van der Waals surface area contributed by atoms with Crippen LogP contribution in [-0.2, 0) is 0 Å². The molecule has 114 valence electrons. The summed E-state index contributed by atoms with van der Waals surface area (Å²) < 4.78 is 0. The van der Waals surface area contributed by atoms with Gasteiger partial charge >= 0.3 is 0 Å². The number of hydrogen-bond acceptors (Lipinski definition) is 4. The van der Waals surface area contributed by atoms with Gasteiger partial charge in [-0.2, -0.15) is 0 Å². The van der Waals surface area contributed by atoms with Crippen molar-refractivity contribution in [2.45, 2.75) is 32.2 Å². The highest BCUT2D eigenvalue weighted by atomic mass is 16.2. The molecule has 1 amide bonds. The summed E-state index contributed by atoms with van der Waals surface area (Å²) in [6.07, 6.45) is 7.13. The Morgan fingerprint density at radius 1 is 1.33 bits per heavy atom. The van der Waals surface area contributed by atoms with Crippen molar-refractivity contribution in [3.63, 3.8) is 0 Å². The molecule has 21 heavy (non-hydrogen) atoms. The van der Waals surface area contributed by atoms with E-state index in [1.54, 1.807) is 12.4 Å². The van der Waals surface area contributed by atoms with E-state index in [-0.39, 0.29) is 5.91 Å². The number of hydrogen-bond donors (Lipinski definition) is 1. The molecule has 1 aliphatic carbocycles. The van der Waals surface area contributed by atoms with Gasteiger partial charge in [0, 0.05) is 51.2 Å². The number of nitrogens with one attached hydrogen (secondary N) is 1. The molecule has 0 atom stereocenters. The van der Waals surface area contributed by atoms with Crippen molar-refractivity contribution in [3.05, 3.63) is 24.0 Å². The van der Waals surface area contributed by atoms with E-state index in [9.17, 15) is 4.79 Å². The number of carbonyl (C=O) groups excluding carboxylic acids is 1. The van der Waals surface area contributed by atoms with Gasteiger partial charge in [-0.1, -0.05) is 6.92 Å². The lowest BCUT2D eigenvalue weighted by molar-refractivity contribution is 0.0628. The maximum Gasteiger partial charge on any atom is 0.257 e. The largest absolute Gasteiger partial charge is 0.384 e. The third-order valence-electron chi connectivity index (χ3n) is 4.28. The Balaban J connectivity index is 1.64. The van der Waals surface area contributed by atoms with Crippen molar-refractivity contribution in [3.8, 4) is 0 Å². The van der Waals surface area contributed by atoms with Crippen LogP contribution in [0.3, 0.4) is 0 Å². The zero-order valence-corrected chi connectivity index (χ0v) is 12.7. The maximum atomic E-state index is 12.7. The third kappa shape index (κ3) is 3.35. The Bertz CT molecular complexity index is 493. The first-order valence-electron chi connectivity index (χ1n) is 8.01. The van der Waals surface area contributed by atoms with Crippen LogP contribution < -0.4 is 5.32 Å². The molecular weight excluding hydrogens is 264 g/mol. The average Bonchev–Trinajstić information content (AvgIpc) is 3.37. The summed E-state index contributed by atoms with van der Waals surface area (Å²) in [6, 6.07) is 2.69. The van der Waals surface area contributed by atoms with Gasteiger partial charge < -0.3 is 10.2 Å². The number of aromatic nitrogens is 1. The molecular formula is C16H24N4O. The van der Waals surface area contributed by atoms with Crippen LogP contribution in [0.15, 0.2) is 18.5 Å². The number of amides is 1. The molecule has 5 heteroatoms. The molecule has 0 spiro atoms. The number of anilines is 1. The molecule has 0 bridgehead atoms. The first kappa shape index (κ1) is 14.3. The molecule has 3 rings (SSSR count). The van der Waals surface area contributed by atoms with E-state index in [0.29, 0.717) is 5.56 Å². The van der Waals surface area contributed by atoms with Gasteiger partial charge in [-0.25, -0.2) is 0 Å². The predicted molar refractivity (Wildman–Crippen MR) is 83.5 cm³/mol. The first-order valence-corrected chi connectivity index (χ1v) is 8.01. The standard InChI is InChI=1S/C16H24N4O/c1-2-6-18-15-5-7-17-12-14(15)16(21)20-10-8-19(9-11-20)13-3-4-13/h5,7,12-13H,2-4,6,8-11H2,1H3,(H,17,18). The fourth-order valence-corrected chi connectivity index (χ4v) is 2.88. The Hall–Kier alpha value is -1.62. The minimum absolute atomic E-state index is 0.108. The number of pyridine rings is 1. The second-order valence-electron chi connectivity index (χ2n) is 5.91. The van der Waals surface area contributed by atoms with E-state index in [4.69, 9.17) is 0 Å². The van der Waals surface area contributed by atoms with Crippen LogP contribution >= 0.6 is 0 Å². The summed E-state index contributed by atoms with van der Waals surface area (Å²) in [6.45, 7) is 6.67. The lowest BCUT2D eigenvalue weighted by atomic mass is 10.2. The number of rotatable bonds is 5. The molecule has 1 aliphatic heterocycles. The van der Waals surface area contributed by atoms with Crippen molar-refractivity contribution >= 4 is 11.6 Å². The van der Waals surface area contributed by atoms with E-state index in [1.807, 2.05) is 11.0 Å². The van der Waals surface area contributed by atoms with Crippen molar-refractivity contribution in [2.24, 2.45) is 0 Å². The van der Waals surface area contributed by atoms with E-state index >= 15 is 0 Å². The number of nitrogens with zero attached hydrogens (tertiary/aromatic N) is 3. The molecule has 2 heterocycles. The van der Waals surface area contributed by atoms with Crippen molar-refractivity contribution in [1.29, 1.82) is 0 Å². The SMILES string of the molecule is CCCNc1ccncc1C(=O)N1CCN(C2CC2)CC1. The molecule has 5 nitrogen and oxygen atoms in total. The maximum absolute atomic E-state index is 12.7. The summed E-state index contributed by atoms with van der Waals surface area (Å²) in [7, 11) is 0. The van der Waals surface area contributed by atoms with Gasteiger partial charge in [0.25, 0.3) is 5.91 Å². The molecule has 0 radical (unpaired) electrons. The zero-order chi connectivity index (χ0) is 14.7. The fraction of sp³-hybridized carbons (Fsp3) is 0.625. The first-order chi connectivity index (χ1) is 10.3. The van der Waals surface area contributed by atoms with Crippen LogP contribution in [0.5, 0.6) is 0 Å². The molecule has 2 fully saturated rings. The molecule has 1 saturated heterocycles. The van der Waals surface area contributed by atoms with Gasteiger partial charge in [-0.05, 0) is 25.3 Å². The summed E-state index contributed by atoms with van der Waals surface area (Å²) >= 11 is 0. The fourth-order valence-electron chi connectivity index (χ4n) is 2.88. The Morgan fingerprint density at radius 2 is 2.10 bits per heavy atom. The minimum Gasteiger partial charge on any atom is -0.384 e. The van der Waals surface area contributed by atoms with Crippen LogP contribution in [0, 0.1) is 0 Å². The van der Waals surface area contributed by atoms with Gasteiger partial charge in [-0.3, -0.25) is 14.7 Å². The lowest BCUT2D eigenvalue weighted by Crippen LogP contribution is -2.49. The smallest absolute Gasteiger partial charge is 0.257 e. The van der Waals surface area contributed by atoms with E-state index < -0.39 is 0 Å². The average molecular weight is 288 g/mol. The number of carbonyl (C=O) groups is 1. The van der Waals surface area contributed by atoms with E-state index in [1.165, 1.54) is 12.8 Å². The zero-order valence-electron chi connectivity index (χ0n) is 12.7. The lowest BCUT2D eigenvalue weighted by Gasteiger charge is -2.35. The van der Waals surface area contributed by atoms with Gasteiger partial charge in [-0.15, -0.1) is 0 Å².